The average Bonchev–Trinajstić information content (AvgIpc) is 2.56. The van der Waals surface area contributed by atoms with E-state index in [0.29, 0.717) is 5.69 Å². The van der Waals surface area contributed by atoms with Gasteiger partial charge in [0.15, 0.2) is 0 Å². The van der Waals surface area contributed by atoms with Gasteiger partial charge in [-0.1, -0.05) is 24.6 Å². The molecule has 0 aliphatic carbocycles. The molecule has 0 aliphatic heterocycles. The van der Waals surface area contributed by atoms with Gasteiger partial charge in [-0.05, 0) is 62.6 Å². The highest BCUT2D eigenvalue weighted by Crippen LogP contribution is 2.22. The number of amides is 1. The molecule has 0 saturated heterocycles. The summed E-state index contributed by atoms with van der Waals surface area (Å²) in [7, 11) is -3.93. The van der Waals surface area contributed by atoms with Crippen molar-refractivity contribution >= 4 is 21.6 Å². The highest BCUT2D eigenvalue weighted by atomic mass is 32.2. The van der Waals surface area contributed by atoms with Crippen LogP contribution in [0.25, 0.3) is 0 Å². The van der Waals surface area contributed by atoms with Gasteiger partial charge in [0, 0.05) is 5.69 Å². The Balaban J connectivity index is 2.20. The first-order chi connectivity index (χ1) is 12.1. The van der Waals surface area contributed by atoms with Crippen molar-refractivity contribution in [2.75, 3.05) is 5.32 Å². The van der Waals surface area contributed by atoms with Crippen LogP contribution in [0.2, 0.25) is 0 Å². The average molecular weight is 378 g/mol. The van der Waals surface area contributed by atoms with Crippen LogP contribution >= 0.6 is 0 Å². The SMILES string of the molecule is CCC(NS(=O)(=O)c1ccc(F)cc1)C(=O)Nc1c(C)cc(C)cc1C. The summed E-state index contributed by atoms with van der Waals surface area (Å²) < 4.78 is 40.3. The van der Waals surface area contributed by atoms with Crippen LogP contribution in [-0.4, -0.2) is 20.4 Å². The number of rotatable bonds is 6. The topological polar surface area (TPSA) is 75.3 Å². The lowest BCUT2D eigenvalue weighted by Crippen LogP contribution is -2.43. The standard InChI is InChI=1S/C19H23FN2O3S/c1-5-17(22-26(24,25)16-8-6-15(20)7-9-16)19(23)21-18-13(3)10-12(2)11-14(18)4/h6-11,17,22H,5H2,1-4H3,(H,21,23). The Hall–Kier alpha value is -2.25. The number of carbonyl (C=O) groups is 1. The van der Waals surface area contributed by atoms with Crippen LogP contribution in [-0.2, 0) is 14.8 Å². The lowest BCUT2D eigenvalue weighted by molar-refractivity contribution is -0.117. The molecule has 0 heterocycles. The molecule has 0 fully saturated rings. The predicted octanol–water partition coefficient (Wildman–Crippen LogP) is 3.45. The molecule has 140 valence electrons. The first-order valence-corrected chi connectivity index (χ1v) is 9.79. The third-order valence-electron chi connectivity index (χ3n) is 4.07. The number of anilines is 1. The van der Waals surface area contributed by atoms with Gasteiger partial charge in [-0.15, -0.1) is 0 Å². The minimum atomic E-state index is -3.93. The van der Waals surface area contributed by atoms with E-state index in [1.165, 1.54) is 0 Å². The Morgan fingerprint density at radius 1 is 1.08 bits per heavy atom. The Kier molecular flexibility index (Phi) is 6.15. The molecule has 2 aromatic rings. The van der Waals surface area contributed by atoms with Crippen molar-refractivity contribution in [3.8, 4) is 0 Å². The van der Waals surface area contributed by atoms with Crippen molar-refractivity contribution in [2.45, 2.75) is 45.1 Å². The van der Waals surface area contributed by atoms with E-state index in [-0.39, 0.29) is 11.3 Å². The monoisotopic (exact) mass is 378 g/mol. The molecule has 1 atom stereocenters. The molecule has 2 aromatic carbocycles. The van der Waals surface area contributed by atoms with Gasteiger partial charge < -0.3 is 5.32 Å². The predicted molar refractivity (Wildman–Crippen MR) is 100 cm³/mol. The number of halogens is 1. The Labute approximate surface area is 153 Å². The molecule has 26 heavy (non-hydrogen) atoms. The number of aryl methyl sites for hydroxylation is 3. The molecule has 0 bridgehead atoms. The van der Waals surface area contributed by atoms with Gasteiger partial charge in [-0.2, -0.15) is 4.72 Å². The maximum Gasteiger partial charge on any atom is 0.242 e. The largest absolute Gasteiger partial charge is 0.324 e. The van der Waals surface area contributed by atoms with Crippen molar-refractivity contribution in [1.82, 2.24) is 4.72 Å². The molecular formula is C19H23FN2O3S. The summed E-state index contributed by atoms with van der Waals surface area (Å²) in [4.78, 5) is 12.5. The molecule has 0 saturated carbocycles. The number of hydrogen-bond donors (Lipinski definition) is 2. The first kappa shape index (κ1) is 20.1. The van der Waals surface area contributed by atoms with Crippen molar-refractivity contribution in [3.63, 3.8) is 0 Å². The maximum atomic E-state index is 13.0. The van der Waals surface area contributed by atoms with E-state index in [1.807, 2.05) is 32.9 Å². The molecule has 2 N–H and O–H groups in total. The van der Waals surface area contributed by atoms with Gasteiger partial charge in [0.1, 0.15) is 11.9 Å². The number of nitrogens with one attached hydrogen (secondary N) is 2. The second kappa shape index (κ2) is 7.97. The maximum absolute atomic E-state index is 13.0. The van der Waals surface area contributed by atoms with E-state index in [0.717, 1.165) is 41.0 Å². The minimum Gasteiger partial charge on any atom is -0.324 e. The molecule has 7 heteroatoms. The first-order valence-electron chi connectivity index (χ1n) is 8.30. The summed E-state index contributed by atoms with van der Waals surface area (Å²) >= 11 is 0. The van der Waals surface area contributed by atoms with Gasteiger partial charge in [-0.3, -0.25) is 4.79 Å². The fourth-order valence-corrected chi connectivity index (χ4v) is 4.06. The summed E-state index contributed by atoms with van der Waals surface area (Å²) in [5.74, 6) is -0.965. The Morgan fingerprint density at radius 2 is 1.62 bits per heavy atom. The molecule has 1 amide bonds. The third kappa shape index (κ3) is 4.68. The van der Waals surface area contributed by atoms with Crippen LogP contribution in [0.4, 0.5) is 10.1 Å². The van der Waals surface area contributed by atoms with E-state index in [9.17, 15) is 17.6 Å². The lowest BCUT2D eigenvalue weighted by Gasteiger charge is -2.19. The molecular weight excluding hydrogens is 355 g/mol. The van der Waals surface area contributed by atoms with E-state index < -0.39 is 27.8 Å². The number of benzene rings is 2. The van der Waals surface area contributed by atoms with E-state index in [2.05, 4.69) is 10.0 Å². The highest BCUT2D eigenvalue weighted by Gasteiger charge is 2.25. The second-order valence-electron chi connectivity index (χ2n) is 6.30. The highest BCUT2D eigenvalue weighted by molar-refractivity contribution is 7.89. The smallest absolute Gasteiger partial charge is 0.242 e. The van der Waals surface area contributed by atoms with Crippen molar-refractivity contribution in [3.05, 3.63) is 58.9 Å². The normalized spacial score (nSPS) is 12.7. The second-order valence-corrected chi connectivity index (χ2v) is 8.01. The minimum absolute atomic E-state index is 0.0900. The summed E-state index contributed by atoms with van der Waals surface area (Å²) in [5, 5.41) is 2.81. The van der Waals surface area contributed by atoms with E-state index in [4.69, 9.17) is 0 Å². The van der Waals surface area contributed by atoms with E-state index in [1.54, 1.807) is 6.92 Å². The van der Waals surface area contributed by atoms with Gasteiger partial charge in [0.2, 0.25) is 15.9 Å². The van der Waals surface area contributed by atoms with Gasteiger partial charge in [0.05, 0.1) is 4.90 Å². The zero-order valence-corrected chi connectivity index (χ0v) is 16.1. The molecule has 0 radical (unpaired) electrons. The Bertz CT molecular complexity index is 886. The van der Waals surface area contributed by atoms with Crippen LogP contribution in [0.15, 0.2) is 41.3 Å². The summed E-state index contributed by atoms with van der Waals surface area (Å²) in [6, 6.07) is 7.42. The van der Waals surface area contributed by atoms with Crippen LogP contribution in [0.3, 0.4) is 0 Å². The Morgan fingerprint density at radius 3 is 2.12 bits per heavy atom. The summed E-state index contributed by atoms with van der Waals surface area (Å²) in [5.41, 5.74) is 3.58. The zero-order chi connectivity index (χ0) is 19.5. The van der Waals surface area contributed by atoms with Crippen molar-refractivity contribution < 1.29 is 17.6 Å². The zero-order valence-electron chi connectivity index (χ0n) is 15.3. The summed E-state index contributed by atoms with van der Waals surface area (Å²) in [6.07, 6.45) is 0.274. The molecule has 2 rings (SSSR count). The summed E-state index contributed by atoms with van der Waals surface area (Å²) in [6.45, 7) is 7.46. The third-order valence-corrected chi connectivity index (χ3v) is 5.56. The van der Waals surface area contributed by atoms with Crippen LogP contribution in [0.5, 0.6) is 0 Å². The lowest BCUT2D eigenvalue weighted by atomic mass is 10.0. The molecule has 1 unspecified atom stereocenters. The van der Waals surface area contributed by atoms with Crippen LogP contribution in [0.1, 0.15) is 30.0 Å². The van der Waals surface area contributed by atoms with Crippen LogP contribution in [0, 0.1) is 26.6 Å². The van der Waals surface area contributed by atoms with E-state index >= 15 is 0 Å². The van der Waals surface area contributed by atoms with Crippen LogP contribution < -0.4 is 10.0 Å². The number of hydrogen-bond acceptors (Lipinski definition) is 3. The quantitative estimate of drug-likeness (QED) is 0.808. The molecule has 5 nitrogen and oxygen atoms in total. The molecule has 0 spiro atoms. The fourth-order valence-electron chi connectivity index (χ4n) is 2.78. The fraction of sp³-hybridized carbons (Fsp3) is 0.316. The van der Waals surface area contributed by atoms with Gasteiger partial charge in [-0.25, -0.2) is 12.8 Å². The number of sulfonamides is 1. The van der Waals surface area contributed by atoms with Gasteiger partial charge in [0.25, 0.3) is 0 Å². The van der Waals surface area contributed by atoms with Crippen molar-refractivity contribution in [2.24, 2.45) is 0 Å². The number of carbonyl (C=O) groups excluding carboxylic acids is 1. The molecule has 0 aliphatic rings. The van der Waals surface area contributed by atoms with Gasteiger partial charge >= 0.3 is 0 Å². The van der Waals surface area contributed by atoms with Crippen molar-refractivity contribution in [1.29, 1.82) is 0 Å². The molecule has 0 aromatic heterocycles.